The number of fused-ring (bicyclic) bond motifs is 1. The van der Waals surface area contributed by atoms with Crippen molar-refractivity contribution in [3.05, 3.63) is 35.4 Å². The van der Waals surface area contributed by atoms with Gasteiger partial charge in [0, 0.05) is 17.7 Å². The van der Waals surface area contributed by atoms with Gasteiger partial charge in [-0.05, 0) is 6.07 Å². The summed E-state index contributed by atoms with van der Waals surface area (Å²) in [6, 6.07) is 6.93. The molecule has 1 aromatic rings. The summed E-state index contributed by atoms with van der Waals surface area (Å²) in [5, 5.41) is 18.5. The normalized spacial score (nSPS) is 20.0. The summed E-state index contributed by atoms with van der Waals surface area (Å²) in [6.07, 6.45) is -0.911. The van der Waals surface area contributed by atoms with Crippen LogP contribution >= 0.6 is 0 Å². The van der Waals surface area contributed by atoms with E-state index in [2.05, 4.69) is 0 Å². The number of hydrogen-bond donors (Lipinski definition) is 2. The molecule has 0 unspecified atom stereocenters. The minimum atomic E-state index is -0.911. The lowest BCUT2D eigenvalue weighted by Gasteiger charge is -2.19. The van der Waals surface area contributed by atoms with Crippen molar-refractivity contribution in [2.45, 2.75) is 6.23 Å². The molecule has 4 nitrogen and oxygen atoms in total. The van der Waals surface area contributed by atoms with E-state index < -0.39 is 6.23 Å². The highest BCUT2D eigenvalue weighted by Gasteiger charge is 2.34. The first kappa shape index (κ1) is 9.18. The zero-order valence-corrected chi connectivity index (χ0v) is 7.55. The first-order valence-electron chi connectivity index (χ1n) is 4.44. The summed E-state index contributed by atoms with van der Waals surface area (Å²) >= 11 is 0. The number of aliphatic hydroxyl groups excluding tert-OH is 2. The molecule has 2 N–H and O–H groups in total. The van der Waals surface area contributed by atoms with Crippen molar-refractivity contribution in [2.24, 2.45) is 0 Å². The Labute approximate surface area is 81.4 Å². The van der Waals surface area contributed by atoms with Crippen LogP contribution in [0.2, 0.25) is 0 Å². The van der Waals surface area contributed by atoms with Crippen LogP contribution < -0.4 is 0 Å². The monoisotopic (exact) mass is 193 g/mol. The molecule has 1 atom stereocenters. The Morgan fingerprint density at radius 1 is 1.36 bits per heavy atom. The molecule has 0 spiro atoms. The van der Waals surface area contributed by atoms with Crippen LogP contribution in [-0.2, 0) is 0 Å². The molecular formula is C10H11NO3. The zero-order chi connectivity index (χ0) is 10.1. The Kier molecular flexibility index (Phi) is 2.23. The zero-order valence-electron chi connectivity index (χ0n) is 7.55. The molecule has 0 aromatic heterocycles. The molecule has 0 bridgehead atoms. The quantitative estimate of drug-likeness (QED) is 0.701. The second-order valence-electron chi connectivity index (χ2n) is 3.18. The molecule has 1 heterocycles. The molecule has 0 radical (unpaired) electrons. The molecule has 4 heteroatoms. The number of nitrogens with zero attached hydrogens (tertiary/aromatic N) is 1. The van der Waals surface area contributed by atoms with Crippen molar-refractivity contribution in [1.82, 2.24) is 4.90 Å². The molecule has 1 aromatic carbocycles. The van der Waals surface area contributed by atoms with Gasteiger partial charge < -0.3 is 15.1 Å². The van der Waals surface area contributed by atoms with E-state index in [4.69, 9.17) is 5.11 Å². The number of benzene rings is 1. The fourth-order valence-electron chi connectivity index (χ4n) is 1.68. The van der Waals surface area contributed by atoms with Crippen LogP contribution in [0.3, 0.4) is 0 Å². The third kappa shape index (κ3) is 1.20. The summed E-state index contributed by atoms with van der Waals surface area (Å²) in [6.45, 7) is 0.0193. The predicted molar refractivity (Wildman–Crippen MR) is 49.5 cm³/mol. The van der Waals surface area contributed by atoms with E-state index in [1.165, 1.54) is 4.90 Å². The van der Waals surface area contributed by atoms with Crippen LogP contribution in [0.5, 0.6) is 0 Å². The van der Waals surface area contributed by atoms with E-state index in [-0.39, 0.29) is 19.1 Å². The number of β-amino-alcohol motifs (C(OH)–C–C–N with tert-alkyl or cyclic N) is 1. The highest BCUT2D eigenvalue weighted by molar-refractivity contribution is 5.98. The van der Waals surface area contributed by atoms with E-state index in [1.807, 2.05) is 0 Å². The van der Waals surface area contributed by atoms with Crippen molar-refractivity contribution in [3.63, 3.8) is 0 Å². The van der Waals surface area contributed by atoms with Crippen molar-refractivity contribution in [2.75, 3.05) is 13.2 Å². The highest BCUT2D eigenvalue weighted by atomic mass is 16.3. The topological polar surface area (TPSA) is 60.8 Å². The summed E-state index contributed by atoms with van der Waals surface area (Å²) in [4.78, 5) is 12.9. The Bertz CT molecular complexity index is 364. The fraction of sp³-hybridized carbons (Fsp3) is 0.300. The highest BCUT2D eigenvalue weighted by Crippen LogP contribution is 2.30. The van der Waals surface area contributed by atoms with E-state index in [9.17, 15) is 9.90 Å². The lowest BCUT2D eigenvalue weighted by molar-refractivity contribution is 0.0108. The molecular weight excluding hydrogens is 182 g/mol. The standard InChI is InChI=1S/C10H11NO3/c12-6-5-11-9(13)7-3-1-2-4-8(7)10(11)14/h1-4,9,12-13H,5-6H2/t9-/m1/s1. The molecule has 0 fully saturated rings. The van der Waals surface area contributed by atoms with Crippen LogP contribution in [0, 0.1) is 0 Å². The van der Waals surface area contributed by atoms with Gasteiger partial charge in [0.2, 0.25) is 0 Å². The maximum Gasteiger partial charge on any atom is 0.256 e. The minimum Gasteiger partial charge on any atom is -0.395 e. The smallest absolute Gasteiger partial charge is 0.256 e. The average molecular weight is 193 g/mol. The van der Waals surface area contributed by atoms with Crippen LogP contribution in [0.15, 0.2) is 24.3 Å². The number of hydrogen-bond acceptors (Lipinski definition) is 3. The molecule has 1 aliphatic rings. The van der Waals surface area contributed by atoms with Crippen LogP contribution in [0.1, 0.15) is 22.1 Å². The number of carbonyl (C=O) groups is 1. The summed E-state index contributed by atoms with van der Waals surface area (Å²) in [7, 11) is 0. The van der Waals surface area contributed by atoms with E-state index in [0.717, 1.165) is 0 Å². The van der Waals surface area contributed by atoms with Crippen molar-refractivity contribution in [3.8, 4) is 0 Å². The largest absolute Gasteiger partial charge is 0.395 e. The molecule has 74 valence electrons. The van der Waals surface area contributed by atoms with Gasteiger partial charge in [0.05, 0.1) is 6.61 Å². The van der Waals surface area contributed by atoms with Gasteiger partial charge in [-0.15, -0.1) is 0 Å². The summed E-state index contributed by atoms with van der Waals surface area (Å²) in [5.74, 6) is -0.220. The van der Waals surface area contributed by atoms with Gasteiger partial charge >= 0.3 is 0 Å². The van der Waals surface area contributed by atoms with Crippen LogP contribution in [0.25, 0.3) is 0 Å². The van der Waals surface area contributed by atoms with Gasteiger partial charge in [-0.1, -0.05) is 18.2 Å². The minimum absolute atomic E-state index is 0.142. The van der Waals surface area contributed by atoms with Gasteiger partial charge in [0.25, 0.3) is 5.91 Å². The SMILES string of the molecule is O=C1c2ccccc2[C@@H](O)N1CCO. The Hall–Kier alpha value is -1.39. The lowest BCUT2D eigenvalue weighted by atomic mass is 10.1. The number of rotatable bonds is 2. The molecule has 0 saturated carbocycles. The first-order valence-corrected chi connectivity index (χ1v) is 4.44. The maximum atomic E-state index is 11.7. The predicted octanol–water partition coefficient (Wildman–Crippen LogP) is 0.126. The Balaban J connectivity index is 2.38. The molecule has 1 aliphatic heterocycles. The van der Waals surface area contributed by atoms with Gasteiger partial charge in [-0.2, -0.15) is 0 Å². The molecule has 1 amide bonds. The molecule has 0 saturated heterocycles. The van der Waals surface area contributed by atoms with E-state index in [1.54, 1.807) is 24.3 Å². The Morgan fingerprint density at radius 3 is 2.71 bits per heavy atom. The molecule has 2 rings (SSSR count). The van der Waals surface area contributed by atoms with Gasteiger partial charge in [0.1, 0.15) is 0 Å². The third-order valence-corrected chi connectivity index (χ3v) is 2.37. The van der Waals surface area contributed by atoms with Crippen molar-refractivity contribution in [1.29, 1.82) is 0 Å². The molecule has 14 heavy (non-hydrogen) atoms. The summed E-state index contributed by atoms with van der Waals surface area (Å²) in [5.41, 5.74) is 1.14. The second-order valence-corrected chi connectivity index (χ2v) is 3.18. The van der Waals surface area contributed by atoms with Crippen molar-refractivity contribution < 1.29 is 15.0 Å². The lowest BCUT2D eigenvalue weighted by Crippen LogP contribution is -2.30. The van der Waals surface area contributed by atoms with Crippen molar-refractivity contribution >= 4 is 5.91 Å². The van der Waals surface area contributed by atoms with Crippen LogP contribution in [-0.4, -0.2) is 34.2 Å². The second kappa shape index (κ2) is 3.40. The number of amides is 1. The van der Waals surface area contributed by atoms with Gasteiger partial charge in [0.15, 0.2) is 6.23 Å². The third-order valence-electron chi connectivity index (χ3n) is 2.37. The Morgan fingerprint density at radius 2 is 2.07 bits per heavy atom. The van der Waals surface area contributed by atoms with E-state index in [0.29, 0.717) is 11.1 Å². The number of aliphatic hydroxyl groups is 2. The first-order chi connectivity index (χ1) is 6.75. The van der Waals surface area contributed by atoms with Gasteiger partial charge in [-0.3, -0.25) is 4.79 Å². The number of carbonyl (C=O) groups excluding carboxylic acids is 1. The van der Waals surface area contributed by atoms with E-state index >= 15 is 0 Å². The van der Waals surface area contributed by atoms with Crippen LogP contribution in [0.4, 0.5) is 0 Å². The average Bonchev–Trinajstić information content (AvgIpc) is 2.45. The molecule has 0 aliphatic carbocycles. The van der Waals surface area contributed by atoms with Gasteiger partial charge in [-0.25, -0.2) is 0 Å². The fourth-order valence-corrected chi connectivity index (χ4v) is 1.68. The maximum absolute atomic E-state index is 11.7. The summed E-state index contributed by atoms with van der Waals surface area (Å²) < 4.78 is 0.